The second-order valence-electron chi connectivity index (χ2n) is 6.61. The lowest BCUT2D eigenvalue weighted by molar-refractivity contribution is -0.138. The average Bonchev–Trinajstić information content (AvgIpc) is 3.22. The van der Waals surface area contributed by atoms with Gasteiger partial charge in [-0.3, -0.25) is 14.4 Å². The van der Waals surface area contributed by atoms with Gasteiger partial charge in [0.25, 0.3) is 0 Å². The lowest BCUT2D eigenvalue weighted by Crippen LogP contribution is -2.48. The zero-order valence-electron chi connectivity index (χ0n) is 13.7. The zero-order valence-corrected chi connectivity index (χ0v) is 13.7. The van der Waals surface area contributed by atoms with Crippen LogP contribution in [0.15, 0.2) is 24.3 Å². The van der Waals surface area contributed by atoms with Crippen molar-refractivity contribution < 1.29 is 19.5 Å². The summed E-state index contributed by atoms with van der Waals surface area (Å²) < 4.78 is 0. The third-order valence-electron chi connectivity index (χ3n) is 4.99. The molecule has 0 spiro atoms. The molecule has 0 aromatic heterocycles. The first-order valence-corrected chi connectivity index (χ1v) is 8.42. The molecule has 1 aliphatic carbocycles. The molecule has 128 valence electrons. The number of hydrogen-bond donors (Lipinski definition) is 2. The Kier molecular flexibility index (Phi) is 4.55. The van der Waals surface area contributed by atoms with E-state index in [1.807, 2.05) is 0 Å². The minimum absolute atomic E-state index is 0.00196. The molecule has 1 fully saturated rings. The first kappa shape index (κ1) is 16.5. The Bertz CT molecular complexity index is 667. The van der Waals surface area contributed by atoms with Gasteiger partial charge in [-0.2, -0.15) is 0 Å². The number of nitrogens with one attached hydrogen (secondary N) is 1. The van der Waals surface area contributed by atoms with Crippen LogP contribution in [0.25, 0.3) is 0 Å². The van der Waals surface area contributed by atoms with Crippen molar-refractivity contribution in [2.24, 2.45) is 5.92 Å². The zero-order chi connectivity index (χ0) is 17.3. The Labute approximate surface area is 140 Å². The smallest absolute Gasteiger partial charge is 0.312 e. The number of carboxylic acids is 1. The van der Waals surface area contributed by atoms with Crippen LogP contribution in [0.2, 0.25) is 0 Å². The highest BCUT2D eigenvalue weighted by Gasteiger charge is 2.38. The summed E-state index contributed by atoms with van der Waals surface area (Å²) in [6.45, 7) is 1.77. The molecule has 3 rings (SSSR count). The van der Waals surface area contributed by atoms with Crippen LogP contribution >= 0.6 is 0 Å². The van der Waals surface area contributed by atoms with E-state index in [9.17, 15) is 19.5 Å². The van der Waals surface area contributed by atoms with Gasteiger partial charge in [0.1, 0.15) is 12.0 Å². The van der Waals surface area contributed by atoms with Crippen molar-refractivity contribution in [2.45, 2.75) is 44.6 Å². The topological polar surface area (TPSA) is 86.7 Å². The van der Waals surface area contributed by atoms with Crippen molar-refractivity contribution in [1.29, 1.82) is 0 Å². The number of benzene rings is 1. The highest BCUT2D eigenvalue weighted by molar-refractivity contribution is 6.02. The number of carbonyl (C=O) groups is 3. The minimum atomic E-state index is -0.944. The second kappa shape index (κ2) is 6.63. The van der Waals surface area contributed by atoms with Gasteiger partial charge in [0, 0.05) is 18.2 Å². The molecule has 2 N–H and O–H groups in total. The monoisotopic (exact) mass is 330 g/mol. The van der Waals surface area contributed by atoms with Gasteiger partial charge in [-0.1, -0.05) is 31.0 Å². The number of para-hydroxylation sites is 1. The van der Waals surface area contributed by atoms with Gasteiger partial charge < -0.3 is 15.3 Å². The van der Waals surface area contributed by atoms with Gasteiger partial charge in [-0.05, 0) is 31.4 Å². The third kappa shape index (κ3) is 3.00. The van der Waals surface area contributed by atoms with E-state index < -0.39 is 17.9 Å². The molecule has 6 nitrogen and oxygen atoms in total. The predicted octanol–water partition coefficient (Wildman–Crippen LogP) is 1.90. The Morgan fingerprint density at radius 1 is 1.21 bits per heavy atom. The third-order valence-corrected chi connectivity index (χ3v) is 4.99. The van der Waals surface area contributed by atoms with E-state index in [2.05, 4.69) is 5.32 Å². The van der Waals surface area contributed by atoms with E-state index in [-0.39, 0.29) is 24.3 Å². The number of hydrogen-bond acceptors (Lipinski definition) is 3. The van der Waals surface area contributed by atoms with Crippen LogP contribution in [0.4, 0.5) is 5.69 Å². The molecular weight excluding hydrogens is 308 g/mol. The summed E-state index contributed by atoms with van der Waals surface area (Å²) in [5.41, 5.74) is 1.27. The average molecular weight is 330 g/mol. The van der Waals surface area contributed by atoms with Crippen molar-refractivity contribution in [3.05, 3.63) is 29.8 Å². The largest absolute Gasteiger partial charge is 0.481 e. The van der Waals surface area contributed by atoms with E-state index in [1.54, 1.807) is 31.2 Å². The summed E-state index contributed by atoms with van der Waals surface area (Å²) in [5, 5.41) is 12.2. The molecule has 1 saturated carbocycles. The summed E-state index contributed by atoms with van der Waals surface area (Å²) in [5.74, 6) is -2.01. The number of carboxylic acid groups (broad SMARTS) is 1. The van der Waals surface area contributed by atoms with Gasteiger partial charge >= 0.3 is 5.97 Å². The molecule has 0 bridgehead atoms. The molecule has 0 radical (unpaired) electrons. The fourth-order valence-electron chi connectivity index (χ4n) is 3.64. The van der Waals surface area contributed by atoms with Gasteiger partial charge in [-0.25, -0.2) is 0 Å². The molecule has 24 heavy (non-hydrogen) atoms. The van der Waals surface area contributed by atoms with Crippen LogP contribution in [-0.4, -0.2) is 35.5 Å². The number of aliphatic carboxylic acids is 1. The molecule has 2 atom stereocenters. The van der Waals surface area contributed by atoms with Crippen LogP contribution < -0.4 is 10.2 Å². The van der Waals surface area contributed by atoms with Crippen molar-refractivity contribution in [1.82, 2.24) is 5.32 Å². The van der Waals surface area contributed by atoms with E-state index in [0.717, 1.165) is 25.7 Å². The van der Waals surface area contributed by atoms with Gasteiger partial charge in [0.2, 0.25) is 11.8 Å². The molecule has 6 heteroatoms. The van der Waals surface area contributed by atoms with Crippen LogP contribution in [0, 0.1) is 5.92 Å². The Hall–Kier alpha value is -2.37. The fraction of sp³-hybridized carbons (Fsp3) is 0.500. The molecule has 2 unspecified atom stereocenters. The lowest BCUT2D eigenvalue weighted by atomic mass is 10.0. The van der Waals surface area contributed by atoms with Crippen LogP contribution in [0.3, 0.4) is 0 Å². The number of amides is 2. The van der Waals surface area contributed by atoms with Crippen LogP contribution in [0.5, 0.6) is 0 Å². The maximum absolute atomic E-state index is 12.7. The predicted molar refractivity (Wildman–Crippen MR) is 88.7 cm³/mol. The molecule has 0 saturated heterocycles. The van der Waals surface area contributed by atoms with Crippen LogP contribution in [-0.2, 0) is 14.4 Å². The van der Waals surface area contributed by atoms with Gasteiger partial charge in [0.15, 0.2) is 0 Å². The van der Waals surface area contributed by atoms with Gasteiger partial charge in [-0.15, -0.1) is 0 Å². The van der Waals surface area contributed by atoms with Gasteiger partial charge in [0.05, 0.1) is 0 Å². The molecular formula is C18H22N2O4. The van der Waals surface area contributed by atoms with Crippen molar-refractivity contribution in [3.63, 3.8) is 0 Å². The van der Waals surface area contributed by atoms with Crippen LogP contribution in [0.1, 0.15) is 44.1 Å². The number of rotatable bonds is 4. The number of carbonyl (C=O) groups excluding carboxylic acids is 2. The van der Waals surface area contributed by atoms with E-state index in [0.29, 0.717) is 11.3 Å². The summed E-state index contributed by atoms with van der Waals surface area (Å²) in [7, 11) is 0. The van der Waals surface area contributed by atoms with Crippen molar-refractivity contribution >= 4 is 23.5 Å². The maximum Gasteiger partial charge on any atom is 0.312 e. The van der Waals surface area contributed by atoms with Crippen molar-refractivity contribution in [2.75, 3.05) is 11.4 Å². The molecule has 2 amide bonds. The quantitative estimate of drug-likeness (QED) is 0.883. The first-order chi connectivity index (χ1) is 11.5. The maximum atomic E-state index is 12.7. The number of anilines is 1. The highest BCUT2D eigenvalue weighted by Crippen LogP contribution is 2.36. The fourth-order valence-corrected chi connectivity index (χ4v) is 3.64. The molecule has 1 aromatic carbocycles. The molecule has 1 aromatic rings. The minimum Gasteiger partial charge on any atom is -0.481 e. The Balaban J connectivity index is 1.72. The molecule has 1 heterocycles. The summed E-state index contributed by atoms with van der Waals surface area (Å²) in [6, 6.07) is 6.38. The van der Waals surface area contributed by atoms with E-state index in [4.69, 9.17) is 0 Å². The van der Waals surface area contributed by atoms with E-state index in [1.165, 1.54) is 4.90 Å². The lowest BCUT2D eigenvalue weighted by Gasteiger charge is -2.23. The Morgan fingerprint density at radius 2 is 1.88 bits per heavy atom. The first-order valence-electron chi connectivity index (χ1n) is 8.42. The summed E-state index contributed by atoms with van der Waals surface area (Å²) >= 11 is 0. The highest BCUT2D eigenvalue weighted by atomic mass is 16.4. The van der Waals surface area contributed by atoms with Crippen molar-refractivity contribution in [3.8, 4) is 0 Å². The normalized spacial score (nSPS) is 21.4. The standard InChI is InChI=1S/C18H22N2O4/c1-11(19-16(21)12-6-2-3-7-12)17(22)20-10-14(18(23)24)13-8-4-5-9-15(13)20/h4-5,8-9,11-12,14H,2-3,6-7,10H2,1H3,(H,19,21)(H,23,24). The molecule has 2 aliphatic rings. The summed E-state index contributed by atoms with van der Waals surface area (Å²) in [4.78, 5) is 37.9. The SMILES string of the molecule is CC(NC(=O)C1CCCC1)C(=O)N1CC(C(=O)O)c2ccccc21. The second-order valence-corrected chi connectivity index (χ2v) is 6.61. The Morgan fingerprint density at radius 3 is 2.54 bits per heavy atom. The summed E-state index contributed by atoms with van der Waals surface area (Å²) in [6.07, 6.45) is 3.86. The molecule has 1 aliphatic heterocycles. The number of nitrogens with zero attached hydrogens (tertiary/aromatic N) is 1. The number of fused-ring (bicyclic) bond motifs is 1. The van der Waals surface area contributed by atoms with E-state index >= 15 is 0 Å².